The monoisotopic (exact) mass is 625 g/mol. The number of hydroxylamine groups is 1. The number of carbonyl (C=O) groups excluding carboxylic acids is 1. The van der Waals surface area contributed by atoms with Crippen molar-refractivity contribution in [3.05, 3.63) is 53.4 Å². The number of aryl methyl sites for hydroxylation is 1. The molecule has 0 unspecified atom stereocenters. The second-order valence-corrected chi connectivity index (χ2v) is 11.0. The number of aromatic hydroxyl groups is 1. The van der Waals surface area contributed by atoms with Gasteiger partial charge < -0.3 is 35.2 Å². The van der Waals surface area contributed by atoms with Crippen LogP contribution in [0, 0.1) is 6.92 Å². The third-order valence-electron chi connectivity index (χ3n) is 6.85. The molecule has 2 heterocycles. The van der Waals surface area contributed by atoms with E-state index in [4.69, 9.17) is 20.4 Å². The van der Waals surface area contributed by atoms with Crippen molar-refractivity contribution in [3.63, 3.8) is 0 Å². The summed E-state index contributed by atoms with van der Waals surface area (Å²) in [4.78, 5) is 20.8. The van der Waals surface area contributed by atoms with Gasteiger partial charge in [0.1, 0.15) is 18.4 Å². The van der Waals surface area contributed by atoms with Crippen molar-refractivity contribution in [1.29, 1.82) is 0 Å². The predicted molar refractivity (Wildman–Crippen MR) is 184 cm³/mol. The van der Waals surface area contributed by atoms with Gasteiger partial charge in [-0.1, -0.05) is 37.5 Å². The number of likely N-dealkylation sites (tertiary alicyclic amines) is 1. The summed E-state index contributed by atoms with van der Waals surface area (Å²) in [6.45, 7) is 13.2. The van der Waals surface area contributed by atoms with Gasteiger partial charge in [-0.15, -0.1) is 0 Å². The molecule has 0 atom stereocenters. The molecule has 45 heavy (non-hydrogen) atoms. The number of nitrogen functional groups attached to an aromatic ring is 1. The number of nitrogens with two attached hydrogens (primary N) is 1. The highest BCUT2D eigenvalue weighted by Gasteiger charge is 2.12. The molecule has 5 N–H and O–H groups in total. The third-order valence-corrected chi connectivity index (χ3v) is 6.85. The summed E-state index contributed by atoms with van der Waals surface area (Å²) in [5.41, 5.74) is 12.4. The number of phenols is 1. The van der Waals surface area contributed by atoms with Crippen LogP contribution in [-0.4, -0.2) is 71.9 Å². The summed E-state index contributed by atoms with van der Waals surface area (Å²) >= 11 is 0. The number of allylic oxidation sites excluding steroid dienone is 1. The van der Waals surface area contributed by atoms with Crippen molar-refractivity contribution in [2.45, 2.75) is 79.1 Å². The SMILES string of the molecule is CC(C)=Cc1c(C)ccc(Oc2ncnc3cc(O)ccc23)c1N.CCCN1CCCC1.CNO.COCCCCCCC=O. The Balaban J connectivity index is 0.000000396. The minimum Gasteiger partial charge on any atom is -0.508 e. The lowest BCUT2D eigenvalue weighted by atomic mass is 10.0. The van der Waals surface area contributed by atoms with Crippen molar-refractivity contribution in [1.82, 2.24) is 20.3 Å². The molecule has 1 aromatic heterocycles. The zero-order chi connectivity index (χ0) is 33.5. The van der Waals surface area contributed by atoms with Crippen LogP contribution in [0.3, 0.4) is 0 Å². The number of ether oxygens (including phenoxy) is 2. The highest BCUT2D eigenvalue weighted by Crippen LogP contribution is 2.35. The molecule has 1 fully saturated rings. The molecule has 0 saturated carbocycles. The molecule has 3 aromatic rings. The number of methoxy groups -OCH3 is 1. The molecule has 1 aliphatic heterocycles. The fourth-order valence-electron chi connectivity index (χ4n) is 4.65. The average Bonchev–Trinajstić information content (AvgIpc) is 3.53. The smallest absolute Gasteiger partial charge is 0.230 e. The van der Waals surface area contributed by atoms with Gasteiger partial charge in [-0.05, 0) is 96.3 Å². The van der Waals surface area contributed by atoms with Gasteiger partial charge >= 0.3 is 0 Å². The van der Waals surface area contributed by atoms with Crippen molar-refractivity contribution in [3.8, 4) is 17.4 Å². The molecule has 0 spiro atoms. The standard InChI is InChI=1S/C19H19N3O2.C8H16O2.C7H15N.CH5NO/c1-11(2)8-15-12(3)4-7-17(18(15)20)24-19-14-6-5-13(23)9-16(14)21-10-22-19;1-10-8-6-4-2-3-5-7-9;1-2-5-8-6-3-4-7-8;1-2-3/h4-10,23H,20H2,1-3H3;7H,2-6,8H2,1H3;2-7H2,1H3;2-3H,1H3. The van der Waals surface area contributed by atoms with Crippen molar-refractivity contribution >= 4 is 29.0 Å². The minimum absolute atomic E-state index is 0.146. The van der Waals surface area contributed by atoms with E-state index in [0.29, 0.717) is 34.6 Å². The summed E-state index contributed by atoms with van der Waals surface area (Å²) in [5, 5.41) is 17.6. The van der Waals surface area contributed by atoms with Crippen molar-refractivity contribution < 1.29 is 24.6 Å². The molecule has 10 nitrogen and oxygen atoms in total. The fraction of sp³-hybridized carbons (Fsp3) is 0.514. The van der Waals surface area contributed by atoms with E-state index in [-0.39, 0.29) is 5.75 Å². The predicted octanol–water partition coefficient (Wildman–Crippen LogP) is 7.31. The summed E-state index contributed by atoms with van der Waals surface area (Å²) in [7, 11) is 3.14. The molecular weight excluding hydrogens is 570 g/mol. The van der Waals surface area contributed by atoms with Crippen LogP contribution in [0.1, 0.15) is 83.3 Å². The Labute approximate surface area is 269 Å². The Morgan fingerprint density at radius 2 is 1.78 bits per heavy atom. The zero-order valence-electron chi connectivity index (χ0n) is 28.1. The van der Waals surface area contributed by atoms with Crippen LogP contribution in [0.2, 0.25) is 0 Å². The first-order chi connectivity index (χ1) is 21.7. The summed E-state index contributed by atoms with van der Waals surface area (Å²) in [6, 6.07) is 8.67. The molecule has 250 valence electrons. The zero-order valence-corrected chi connectivity index (χ0v) is 28.1. The number of benzene rings is 2. The van der Waals surface area contributed by atoms with E-state index in [1.165, 1.54) is 58.7 Å². The lowest BCUT2D eigenvalue weighted by Crippen LogP contribution is -2.19. The summed E-state index contributed by atoms with van der Waals surface area (Å²) in [5.74, 6) is 1.09. The second-order valence-electron chi connectivity index (χ2n) is 11.0. The van der Waals surface area contributed by atoms with Gasteiger partial charge in [0.25, 0.3) is 0 Å². The number of rotatable bonds is 12. The molecule has 2 aromatic carbocycles. The van der Waals surface area contributed by atoms with Crippen molar-refractivity contribution in [2.24, 2.45) is 0 Å². The number of aldehydes is 1. The fourth-order valence-corrected chi connectivity index (χ4v) is 4.65. The number of phenolic OH excluding ortho intramolecular Hbond substituents is 1. The molecule has 1 aliphatic rings. The number of anilines is 1. The normalized spacial score (nSPS) is 12.2. The Morgan fingerprint density at radius 1 is 1.09 bits per heavy atom. The van der Waals surface area contributed by atoms with Crippen LogP contribution in [0.15, 0.2) is 42.2 Å². The lowest BCUT2D eigenvalue weighted by molar-refractivity contribution is -0.107. The molecule has 0 amide bonds. The highest BCUT2D eigenvalue weighted by atomic mass is 16.5. The number of nitrogens with zero attached hydrogens (tertiary/aromatic N) is 3. The maximum atomic E-state index is 9.87. The van der Waals surface area contributed by atoms with Crippen molar-refractivity contribution in [2.75, 3.05) is 46.1 Å². The van der Waals surface area contributed by atoms with Gasteiger partial charge in [-0.25, -0.2) is 15.4 Å². The third kappa shape index (κ3) is 15.8. The van der Waals surface area contributed by atoms with Gasteiger partial charge in [-0.2, -0.15) is 0 Å². The van der Waals surface area contributed by atoms with Crippen LogP contribution in [0.25, 0.3) is 17.0 Å². The van der Waals surface area contributed by atoms with Crippen LogP contribution >= 0.6 is 0 Å². The van der Waals surface area contributed by atoms with E-state index >= 15 is 0 Å². The van der Waals surface area contributed by atoms with Crippen LogP contribution in [-0.2, 0) is 9.53 Å². The Bertz CT molecular complexity index is 1270. The first-order valence-corrected chi connectivity index (χ1v) is 15.8. The highest BCUT2D eigenvalue weighted by molar-refractivity contribution is 5.85. The maximum Gasteiger partial charge on any atom is 0.230 e. The van der Waals surface area contributed by atoms with E-state index < -0.39 is 0 Å². The van der Waals surface area contributed by atoms with Crippen LogP contribution < -0.4 is 16.0 Å². The Hall–Kier alpha value is -3.57. The first-order valence-electron chi connectivity index (χ1n) is 15.8. The summed E-state index contributed by atoms with van der Waals surface area (Å²) < 4.78 is 10.8. The van der Waals surface area contributed by atoms with E-state index in [1.54, 1.807) is 30.8 Å². The molecular formula is C35H55N5O5. The number of nitrogens with one attached hydrogen (secondary N) is 1. The maximum absolute atomic E-state index is 9.87. The number of hydrogen-bond acceptors (Lipinski definition) is 10. The quantitative estimate of drug-likeness (QED) is 0.0700. The van der Waals surface area contributed by atoms with Gasteiger partial charge in [0, 0.05) is 38.8 Å². The minimum atomic E-state index is 0.146. The van der Waals surface area contributed by atoms with Gasteiger partial charge in [0.05, 0.1) is 16.6 Å². The summed E-state index contributed by atoms with van der Waals surface area (Å²) in [6.07, 6.45) is 13.8. The molecule has 1 saturated heterocycles. The number of carbonyl (C=O) groups is 1. The van der Waals surface area contributed by atoms with Crippen LogP contribution in [0.4, 0.5) is 5.69 Å². The molecule has 0 radical (unpaired) electrons. The molecule has 10 heteroatoms. The molecule has 0 aliphatic carbocycles. The van der Waals surface area contributed by atoms with E-state index in [2.05, 4.69) is 21.8 Å². The number of fused-ring (bicyclic) bond motifs is 1. The topological polar surface area (TPSA) is 143 Å². The van der Waals surface area contributed by atoms with Crippen LogP contribution in [0.5, 0.6) is 17.4 Å². The number of aromatic nitrogens is 2. The van der Waals surface area contributed by atoms with E-state index in [9.17, 15) is 9.90 Å². The van der Waals surface area contributed by atoms with Gasteiger partial charge in [-0.3, -0.25) is 0 Å². The average molecular weight is 626 g/mol. The van der Waals surface area contributed by atoms with Gasteiger partial charge in [0.2, 0.25) is 5.88 Å². The van der Waals surface area contributed by atoms with E-state index in [0.717, 1.165) is 48.9 Å². The number of hydrogen-bond donors (Lipinski definition) is 4. The second kappa shape index (κ2) is 23.8. The Morgan fingerprint density at radius 3 is 2.40 bits per heavy atom. The first kappa shape index (κ1) is 39.5. The van der Waals surface area contributed by atoms with E-state index in [1.807, 2.05) is 39.0 Å². The Kier molecular flexibility index (Phi) is 20.8. The molecule has 4 rings (SSSR count). The molecule has 0 bridgehead atoms. The number of unbranched alkanes of at least 4 members (excludes halogenated alkanes) is 4. The van der Waals surface area contributed by atoms with Gasteiger partial charge in [0.15, 0.2) is 5.75 Å². The largest absolute Gasteiger partial charge is 0.508 e. The lowest BCUT2D eigenvalue weighted by Gasteiger charge is -2.13.